The molecule has 2 heterocycles. The third kappa shape index (κ3) is 5.04. The molecule has 0 aliphatic heterocycles. The molecule has 0 fully saturated rings. The number of nitrogens with zero attached hydrogens (tertiary/aromatic N) is 3. The first-order chi connectivity index (χ1) is 13.0. The zero-order valence-electron chi connectivity index (χ0n) is 14.9. The Hall–Kier alpha value is -2.93. The van der Waals surface area contributed by atoms with Gasteiger partial charge < -0.3 is 10.6 Å². The van der Waals surface area contributed by atoms with Crippen molar-refractivity contribution >= 4 is 29.1 Å². The van der Waals surface area contributed by atoms with Gasteiger partial charge in [-0.15, -0.1) is 10.2 Å². The number of aromatic nitrogens is 3. The van der Waals surface area contributed by atoms with Gasteiger partial charge in [0.05, 0.1) is 12.5 Å². The average Bonchev–Trinajstić information content (AvgIpc) is 3.05. The van der Waals surface area contributed by atoms with E-state index in [-0.39, 0.29) is 18.2 Å². The molecule has 7 nitrogen and oxygen atoms in total. The van der Waals surface area contributed by atoms with E-state index in [1.165, 1.54) is 6.92 Å². The fourth-order valence-electron chi connectivity index (χ4n) is 2.83. The van der Waals surface area contributed by atoms with Gasteiger partial charge in [-0.1, -0.05) is 29.8 Å². The Balaban J connectivity index is 1.57. The van der Waals surface area contributed by atoms with Gasteiger partial charge in [0.2, 0.25) is 11.8 Å². The summed E-state index contributed by atoms with van der Waals surface area (Å²) in [4.78, 5) is 23.8. The normalized spacial score (nSPS) is 11.9. The maximum absolute atomic E-state index is 12.3. The van der Waals surface area contributed by atoms with E-state index in [1.54, 1.807) is 24.3 Å². The molecule has 2 amide bonds. The molecule has 1 aromatic carbocycles. The van der Waals surface area contributed by atoms with Gasteiger partial charge in [0.15, 0.2) is 5.65 Å². The van der Waals surface area contributed by atoms with Gasteiger partial charge in [-0.05, 0) is 29.8 Å². The van der Waals surface area contributed by atoms with Crippen molar-refractivity contribution in [1.82, 2.24) is 25.2 Å². The number of hydrogen-bond donors (Lipinski definition) is 2. The minimum Gasteiger partial charge on any atom is -0.356 e. The lowest BCUT2D eigenvalue weighted by Gasteiger charge is -2.18. The van der Waals surface area contributed by atoms with Crippen LogP contribution in [0, 0.1) is 0 Å². The molecule has 0 bridgehead atoms. The molecule has 2 N–H and O–H groups in total. The number of pyridine rings is 1. The van der Waals surface area contributed by atoms with Crippen molar-refractivity contribution in [1.29, 1.82) is 0 Å². The van der Waals surface area contributed by atoms with Crippen molar-refractivity contribution in [3.63, 3.8) is 0 Å². The van der Waals surface area contributed by atoms with Crippen LogP contribution in [-0.4, -0.2) is 33.0 Å². The van der Waals surface area contributed by atoms with Crippen molar-refractivity contribution in [3.05, 3.63) is 65.1 Å². The highest BCUT2D eigenvalue weighted by molar-refractivity contribution is 6.30. The number of halogens is 1. The molecule has 3 aromatic rings. The largest absolute Gasteiger partial charge is 0.356 e. The van der Waals surface area contributed by atoms with Crippen molar-refractivity contribution in [2.45, 2.75) is 25.8 Å². The van der Waals surface area contributed by atoms with E-state index < -0.39 is 6.04 Å². The highest BCUT2D eigenvalue weighted by Gasteiger charge is 2.17. The van der Waals surface area contributed by atoms with Gasteiger partial charge in [-0.2, -0.15) is 0 Å². The van der Waals surface area contributed by atoms with E-state index in [0.717, 1.165) is 17.0 Å². The van der Waals surface area contributed by atoms with Gasteiger partial charge in [-0.3, -0.25) is 14.0 Å². The zero-order chi connectivity index (χ0) is 19.2. The highest BCUT2D eigenvalue weighted by atomic mass is 35.5. The number of fused-ring (bicyclic) bond motifs is 1. The molecule has 0 aliphatic rings. The van der Waals surface area contributed by atoms with Gasteiger partial charge in [0, 0.05) is 31.1 Å². The van der Waals surface area contributed by atoms with Crippen LogP contribution < -0.4 is 10.6 Å². The maximum atomic E-state index is 12.3. The summed E-state index contributed by atoms with van der Waals surface area (Å²) in [7, 11) is 0. The van der Waals surface area contributed by atoms with Crippen molar-refractivity contribution < 1.29 is 9.59 Å². The molecule has 27 heavy (non-hydrogen) atoms. The predicted octanol–water partition coefficient (Wildman–Crippen LogP) is 2.31. The summed E-state index contributed by atoms with van der Waals surface area (Å²) in [6.07, 6.45) is 2.59. The fourth-order valence-corrected chi connectivity index (χ4v) is 2.95. The molecule has 0 radical (unpaired) electrons. The standard InChI is InChI=1S/C19H20ClN5O2/c1-13(26)22-16(14-5-7-15(20)8-6-14)12-19(27)21-10-9-18-24-23-17-4-2-3-11-25(17)18/h2-8,11,16H,9-10,12H2,1H3,(H,21,27)(H,22,26). The predicted molar refractivity (Wildman–Crippen MR) is 102 cm³/mol. The molecule has 8 heteroatoms. The number of benzene rings is 1. The molecule has 3 rings (SSSR count). The number of rotatable bonds is 7. The summed E-state index contributed by atoms with van der Waals surface area (Å²) in [5, 5.41) is 14.5. The first-order valence-corrected chi connectivity index (χ1v) is 8.98. The van der Waals surface area contributed by atoms with E-state index in [0.29, 0.717) is 18.0 Å². The number of carbonyl (C=O) groups is 2. The van der Waals surface area contributed by atoms with Crippen LogP contribution in [0.2, 0.25) is 5.02 Å². The van der Waals surface area contributed by atoms with Crippen molar-refractivity contribution in [2.75, 3.05) is 6.54 Å². The number of nitrogens with one attached hydrogen (secondary N) is 2. The van der Waals surface area contributed by atoms with Crippen LogP contribution in [0.25, 0.3) is 5.65 Å². The highest BCUT2D eigenvalue weighted by Crippen LogP contribution is 2.19. The Kier molecular flexibility index (Phi) is 6.03. The SMILES string of the molecule is CC(=O)NC(CC(=O)NCCc1nnc2ccccn12)c1ccc(Cl)cc1. The molecule has 0 saturated carbocycles. The molecular weight excluding hydrogens is 366 g/mol. The Morgan fingerprint density at radius 1 is 1.15 bits per heavy atom. The third-order valence-electron chi connectivity index (χ3n) is 4.09. The molecule has 0 saturated heterocycles. The summed E-state index contributed by atoms with van der Waals surface area (Å²) >= 11 is 5.91. The van der Waals surface area contributed by atoms with Crippen molar-refractivity contribution in [3.8, 4) is 0 Å². The maximum Gasteiger partial charge on any atom is 0.222 e. The lowest BCUT2D eigenvalue weighted by atomic mass is 10.0. The zero-order valence-corrected chi connectivity index (χ0v) is 15.6. The summed E-state index contributed by atoms with van der Waals surface area (Å²) in [6, 6.07) is 12.3. The Labute approximate surface area is 161 Å². The lowest BCUT2D eigenvalue weighted by molar-refractivity contribution is -0.122. The van der Waals surface area contributed by atoms with E-state index in [9.17, 15) is 9.59 Å². The summed E-state index contributed by atoms with van der Waals surface area (Å²) < 4.78 is 1.89. The van der Waals surface area contributed by atoms with Gasteiger partial charge in [0.25, 0.3) is 0 Å². The second-order valence-corrected chi connectivity index (χ2v) is 6.59. The van der Waals surface area contributed by atoms with Gasteiger partial charge in [-0.25, -0.2) is 0 Å². The van der Waals surface area contributed by atoms with Crippen LogP contribution in [0.4, 0.5) is 0 Å². The van der Waals surface area contributed by atoms with E-state index >= 15 is 0 Å². The smallest absolute Gasteiger partial charge is 0.222 e. The van der Waals surface area contributed by atoms with Crippen LogP contribution in [0.1, 0.15) is 30.8 Å². The molecule has 1 unspecified atom stereocenters. The molecular formula is C19H20ClN5O2. The summed E-state index contributed by atoms with van der Waals surface area (Å²) in [5.41, 5.74) is 1.60. The molecule has 0 spiro atoms. The summed E-state index contributed by atoms with van der Waals surface area (Å²) in [5.74, 6) is 0.428. The number of carbonyl (C=O) groups excluding carboxylic acids is 2. The van der Waals surface area contributed by atoms with E-state index in [4.69, 9.17) is 11.6 Å². The van der Waals surface area contributed by atoms with Gasteiger partial charge >= 0.3 is 0 Å². The Morgan fingerprint density at radius 3 is 2.67 bits per heavy atom. The Bertz CT molecular complexity index is 939. The Morgan fingerprint density at radius 2 is 1.93 bits per heavy atom. The van der Waals surface area contributed by atoms with E-state index in [1.807, 2.05) is 28.8 Å². The summed E-state index contributed by atoms with van der Waals surface area (Å²) in [6.45, 7) is 1.86. The third-order valence-corrected chi connectivity index (χ3v) is 4.35. The van der Waals surface area contributed by atoms with Crippen LogP contribution >= 0.6 is 11.6 Å². The minimum atomic E-state index is -0.409. The topological polar surface area (TPSA) is 88.4 Å². The monoisotopic (exact) mass is 385 g/mol. The molecule has 0 aliphatic carbocycles. The quantitative estimate of drug-likeness (QED) is 0.653. The van der Waals surface area contributed by atoms with Crippen LogP contribution in [0.3, 0.4) is 0 Å². The van der Waals surface area contributed by atoms with E-state index in [2.05, 4.69) is 20.8 Å². The van der Waals surface area contributed by atoms with Gasteiger partial charge in [0.1, 0.15) is 5.82 Å². The van der Waals surface area contributed by atoms with Crippen LogP contribution in [0.5, 0.6) is 0 Å². The average molecular weight is 386 g/mol. The first kappa shape index (κ1) is 18.8. The first-order valence-electron chi connectivity index (χ1n) is 8.61. The number of hydrogen-bond acceptors (Lipinski definition) is 4. The number of amides is 2. The van der Waals surface area contributed by atoms with Crippen LogP contribution in [-0.2, 0) is 16.0 Å². The molecule has 140 valence electrons. The van der Waals surface area contributed by atoms with Crippen LogP contribution in [0.15, 0.2) is 48.7 Å². The molecule has 1 atom stereocenters. The second kappa shape index (κ2) is 8.64. The second-order valence-electron chi connectivity index (χ2n) is 6.15. The van der Waals surface area contributed by atoms with Crippen molar-refractivity contribution in [2.24, 2.45) is 0 Å². The lowest BCUT2D eigenvalue weighted by Crippen LogP contribution is -2.33. The fraction of sp³-hybridized carbons (Fsp3) is 0.263. The molecule has 2 aromatic heterocycles. The minimum absolute atomic E-state index is 0.141.